The highest BCUT2D eigenvalue weighted by atomic mass is 16.4. The molecule has 138 valence electrons. The summed E-state index contributed by atoms with van der Waals surface area (Å²) in [6, 6.07) is -5.00. The highest BCUT2D eigenvalue weighted by Crippen LogP contribution is 1.97. The zero-order chi connectivity index (χ0) is 19.0. The molecule has 0 fully saturated rings. The van der Waals surface area contributed by atoms with Crippen molar-refractivity contribution in [3.63, 3.8) is 0 Å². The molecule has 24 heavy (non-hydrogen) atoms. The number of carboxylic acid groups (broad SMARTS) is 1. The van der Waals surface area contributed by atoms with Crippen LogP contribution >= 0.6 is 0 Å². The lowest BCUT2D eigenvalue weighted by molar-refractivity contribution is -0.142. The zero-order valence-electron chi connectivity index (χ0n) is 13.6. The van der Waals surface area contributed by atoms with Crippen molar-refractivity contribution in [3.8, 4) is 0 Å². The lowest BCUT2D eigenvalue weighted by Gasteiger charge is -2.25. The van der Waals surface area contributed by atoms with Gasteiger partial charge in [0.15, 0.2) is 0 Å². The van der Waals surface area contributed by atoms with Crippen molar-refractivity contribution < 1.29 is 34.5 Å². The molecule has 0 radical (unpaired) electrons. The Kier molecular flexibility index (Phi) is 8.89. The summed E-state index contributed by atoms with van der Waals surface area (Å²) in [5.74, 6) is -3.85. The molecule has 0 aliphatic rings. The summed E-state index contributed by atoms with van der Waals surface area (Å²) >= 11 is 0. The number of amides is 3. The van der Waals surface area contributed by atoms with Crippen molar-refractivity contribution in [1.29, 1.82) is 0 Å². The number of nitrogens with one attached hydrogen (secondary N) is 3. The minimum Gasteiger partial charge on any atom is -0.480 e. The molecule has 11 nitrogen and oxygen atoms in total. The molecular weight excluding hydrogens is 324 g/mol. The third-order valence-corrected chi connectivity index (χ3v) is 3.02. The number of nitrogens with two attached hydrogens (primary N) is 1. The smallest absolute Gasteiger partial charge is 0.325 e. The Morgan fingerprint density at radius 1 is 0.958 bits per heavy atom. The average Bonchev–Trinajstić information content (AvgIpc) is 2.48. The summed E-state index contributed by atoms with van der Waals surface area (Å²) in [5, 5.41) is 34.0. The van der Waals surface area contributed by atoms with Gasteiger partial charge in [0.25, 0.3) is 0 Å². The Labute approximate surface area is 138 Å². The van der Waals surface area contributed by atoms with Crippen molar-refractivity contribution in [2.24, 2.45) is 5.73 Å². The largest absolute Gasteiger partial charge is 0.480 e. The van der Waals surface area contributed by atoms with E-state index in [0.717, 1.165) is 0 Å². The van der Waals surface area contributed by atoms with Gasteiger partial charge in [-0.2, -0.15) is 0 Å². The van der Waals surface area contributed by atoms with Crippen molar-refractivity contribution in [2.45, 2.75) is 51.0 Å². The Hall–Kier alpha value is -2.24. The van der Waals surface area contributed by atoms with Gasteiger partial charge in [0.1, 0.15) is 18.1 Å². The minimum atomic E-state index is -1.47. The summed E-state index contributed by atoms with van der Waals surface area (Å²) in [4.78, 5) is 46.2. The van der Waals surface area contributed by atoms with Crippen LogP contribution in [0.15, 0.2) is 0 Å². The van der Waals surface area contributed by atoms with E-state index in [1.807, 2.05) is 0 Å². The van der Waals surface area contributed by atoms with Gasteiger partial charge in [-0.05, 0) is 20.8 Å². The second kappa shape index (κ2) is 9.80. The predicted octanol–water partition coefficient (Wildman–Crippen LogP) is -3.73. The topological polar surface area (TPSA) is 191 Å². The van der Waals surface area contributed by atoms with E-state index >= 15 is 0 Å². The molecule has 0 aliphatic carbocycles. The van der Waals surface area contributed by atoms with Crippen LogP contribution in [0.25, 0.3) is 0 Å². The number of carboxylic acids is 1. The minimum absolute atomic E-state index is 0.693. The summed E-state index contributed by atoms with van der Waals surface area (Å²) < 4.78 is 0. The van der Waals surface area contributed by atoms with Crippen LogP contribution in [0.5, 0.6) is 0 Å². The molecule has 0 aromatic heterocycles. The molecule has 0 aromatic rings. The normalized spacial score (nSPS) is 16.9. The van der Waals surface area contributed by atoms with Gasteiger partial charge in [-0.15, -0.1) is 0 Å². The summed E-state index contributed by atoms with van der Waals surface area (Å²) in [6.45, 7) is 3.04. The van der Waals surface area contributed by atoms with Crippen LogP contribution in [0.3, 0.4) is 0 Å². The van der Waals surface area contributed by atoms with Crippen molar-refractivity contribution in [2.75, 3.05) is 6.61 Å². The zero-order valence-corrected chi connectivity index (χ0v) is 13.6. The standard InChI is InChI=1S/C13H24N4O7/c1-5(14)10(20)16-8(4-18)11(21)17-9(7(3)19)12(22)15-6(2)13(23)24/h5-9,18-19H,4,14H2,1-3H3,(H,15,22)(H,16,20)(H,17,21)(H,23,24). The maximum atomic E-state index is 12.0. The Morgan fingerprint density at radius 3 is 1.88 bits per heavy atom. The van der Waals surface area contributed by atoms with E-state index in [4.69, 9.17) is 10.8 Å². The molecule has 0 rings (SSSR count). The Balaban J connectivity index is 4.97. The fourth-order valence-corrected chi connectivity index (χ4v) is 1.52. The van der Waals surface area contributed by atoms with Crippen LogP contribution in [0, 0.1) is 0 Å². The first-order valence-electron chi connectivity index (χ1n) is 7.19. The number of aliphatic carboxylic acids is 1. The van der Waals surface area contributed by atoms with E-state index in [1.165, 1.54) is 20.8 Å². The predicted molar refractivity (Wildman–Crippen MR) is 81.5 cm³/mol. The first-order valence-corrected chi connectivity index (χ1v) is 7.19. The maximum absolute atomic E-state index is 12.0. The van der Waals surface area contributed by atoms with Crippen LogP contribution in [0.4, 0.5) is 0 Å². The van der Waals surface area contributed by atoms with E-state index in [0.29, 0.717) is 0 Å². The summed E-state index contributed by atoms with van der Waals surface area (Å²) in [7, 11) is 0. The molecule has 0 saturated heterocycles. The van der Waals surface area contributed by atoms with Gasteiger partial charge in [0, 0.05) is 0 Å². The second-order valence-electron chi connectivity index (χ2n) is 5.33. The molecule has 5 atom stereocenters. The number of hydrogen-bond acceptors (Lipinski definition) is 7. The maximum Gasteiger partial charge on any atom is 0.325 e. The number of rotatable bonds is 9. The number of carbonyl (C=O) groups excluding carboxylic acids is 3. The lowest BCUT2D eigenvalue weighted by Crippen LogP contribution is -2.60. The molecule has 0 saturated carbocycles. The molecule has 3 amide bonds. The molecular formula is C13H24N4O7. The Morgan fingerprint density at radius 2 is 1.50 bits per heavy atom. The molecule has 0 bridgehead atoms. The summed E-state index contributed by atoms with van der Waals surface area (Å²) in [5.41, 5.74) is 5.33. The number of aliphatic hydroxyl groups is 2. The van der Waals surface area contributed by atoms with E-state index in [-0.39, 0.29) is 0 Å². The molecule has 11 heteroatoms. The SMILES string of the molecule is CC(N)C(=O)NC(CO)C(=O)NC(C(=O)NC(C)C(=O)O)C(C)O. The van der Waals surface area contributed by atoms with E-state index in [9.17, 15) is 29.4 Å². The van der Waals surface area contributed by atoms with Gasteiger partial charge >= 0.3 is 5.97 Å². The molecule has 0 aliphatic heterocycles. The van der Waals surface area contributed by atoms with Gasteiger partial charge < -0.3 is 37.0 Å². The highest BCUT2D eigenvalue weighted by molar-refractivity contribution is 5.94. The van der Waals surface area contributed by atoms with Gasteiger partial charge in [0.05, 0.1) is 18.8 Å². The summed E-state index contributed by atoms with van der Waals surface area (Å²) in [6.07, 6.45) is -1.35. The number of hydrogen-bond donors (Lipinski definition) is 7. The lowest BCUT2D eigenvalue weighted by atomic mass is 10.1. The fraction of sp³-hybridized carbons (Fsp3) is 0.692. The van der Waals surface area contributed by atoms with E-state index in [1.54, 1.807) is 0 Å². The first-order chi connectivity index (χ1) is 11.0. The number of aliphatic hydroxyl groups excluding tert-OH is 2. The molecule has 0 aromatic carbocycles. The van der Waals surface area contributed by atoms with Gasteiger partial charge in [-0.3, -0.25) is 19.2 Å². The van der Waals surface area contributed by atoms with E-state index in [2.05, 4.69) is 16.0 Å². The third kappa shape index (κ3) is 6.89. The molecule has 5 unspecified atom stereocenters. The molecule has 0 spiro atoms. The monoisotopic (exact) mass is 348 g/mol. The van der Waals surface area contributed by atoms with Gasteiger partial charge in [0.2, 0.25) is 17.7 Å². The Bertz CT molecular complexity index is 481. The highest BCUT2D eigenvalue weighted by Gasteiger charge is 2.31. The molecule has 8 N–H and O–H groups in total. The van der Waals surface area contributed by atoms with Crippen molar-refractivity contribution >= 4 is 23.7 Å². The quantitative estimate of drug-likeness (QED) is 0.221. The van der Waals surface area contributed by atoms with Crippen LogP contribution in [-0.2, 0) is 19.2 Å². The average molecular weight is 348 g/mol. The van der Waals surface area contributed by atoms with Gasteiger partial charge in [-0.1, -0.05) is 0 Å². The third-order valence-electron chi connectivity index (χ3n) is 3.02. The van der Waals surface area contributed by atoms with Crippen LogP contribution in [0.1, 0.15) is 20.8 Å². The second-order valence-corrected chi connectivity index (χ2v) is 5.33. The van der Waals surface area contributed by atoms with E-state index < -0.39 is 60.6 Å². The van der Waals surface area contributed by atoms with Crippen LogP contribution in [0.2, 0.25) is 0 Å². The first kappa shape index (κ1) is 21.8. The van der Waals surface area contributed by atoms with Crippen molar-refractivity contribution in [3.05, 3.63) is 0 Å². The molecule has 0 heterocycles. The van der Waals surface area contributed by atoms with Crippen LogP contribution < -0.4 is 21.7 Å². The van der Waals surface area contributed by atoms with Crippen LogP contribution in [-0.4, -0.2) is 75.9 Å². The van der Waals surface area contributed by atoms with Gasteiger partial charge in [-0.25, -0.2) is 0 Å². The van der Waals surface area contributed by atoms with Crippen molar-refractivity contribution in [1.82, 2.24) is 16.0 Å². The number of carbonyl (C=O) groups is 4. The fourth-order valence-electron chi connectivity index (χ4n) is 1.52.